The van der Waals surface area contributed by atoms with Gasteiger partial charge in [0, 0.05) is 31.2 Å². The second-order valence-electron chi connectivity index (χ2n) is 9.41. The number of nitrogens with zero attached hydrogens (tertiary/aromatic N) is 1. The number of benzene rings is 1. The van der Waals surface area contributed by atoms with Gasteiger partial charge in [0.15, 0.2) is 0 Å². The fraction of sp³-hybridized carbons (Fsp3) is 0.462. The molecule has 39 heavy (non-hydrogen) atoms. The van der Waals surface area contributed by atoms with Gasteiger partial charge in [-0.25, -0.2) is 9.78 Å². The second kappa shape index (κ2) is 15.2. The number of nitrogens with one attached hydrogen (secondary N) is 4. The predicted molar refractivity (Wildman–Crippen MR) is 142 cm³/mol. The monoisotopic (exact) mass is 543 g/mol. The maximum absolute atomic E-state index is 13.4. The maximum atomic E-state index is 13.4. The molecular weight excluding hydrogens is 506 g/mol. The lowest BCUT2D eigenvalue weighted by Gasteiger charge is -2.26. The van der Waals surface area contributed by atoms with Crippen LogP contribution in [-0.2, 0) is 36.8 Å². The minimum Gasteiger partial charge on any atom is -0.480 e. The molecule has 5 unspecified atom stereocenters. The summed E-state index contributed by atoms with van der Waals surface area (Å²) in [4.78, 5) is 69.2. The number of amides is 4. The Bertz CT molecular complexity index is 1110. The lowest BCUT2D eigenvalue weighted by molar-refractivity contribution is -0.144. The number of carboxylic acids is 1. The summed E-state index contributed by atoms with van der Waals surface area (Å²) >= 11 is 0. The molecule has 0 aliphatic heterocycles. The van der Waals surface area contributed by atoms with Gasteiger partial charge in [0.05, 0.1) is 12.4 Å². The van der Waals surface area contributed by atoms with Crippen molar-refractivity contribution in [1.82, 2.24) is 25.9 Å². The number of nitrogens with two attached hydrogens (primary N) is 2. The molecule has 4 amide bonds. The number of aromatic amines is 1. The number of primary amides is 1. The molecule has 13 nitrogen and oxygen atoms in total. The predicted octanol–water partition coefficient (Wildman–Crippen LogP) is -0.627. The van der Waals surface area contributed by atoms with Crippen molar-refractivity contribution >= 4 is 29.6 Å². The van der Waals surface area contributed by atoms with Crippen molar-refractivity contribution in [2.45, 2.75) is 70.1 Å². The molecule has 0 saturated carbocycles. The average Bonchev–Trinajstić information content (AvgIpc) is 3.41. The number of aliphatic carboxylic acids is 1. The zero-order chi connectivity index (χ0) is 28.9. The molecular formula is C26H37N7O6. The highest BCUT2D eigenvalue weighted by Crippen LogP contribution is 2.10. The van der Waals surface area contributed by atoms with Crippen molar-refractivity contribution in [1.29, 1.82) is 0 Å². The summed E-state index contributed by atoms with van der Waals surface area (Å²) in [6, 6.07) is 4.33. The number of carbonyl (C=O) groups is 5. The van der Waals surface area contributed by atoms with E-state index in [2.05, 4.69) is 25.9 Å². The van der Waals surface area contributed by atoms with Crippen LogP contribution in [-0.4, -0.2) is 68.8 Å². The van der Waals surface area contributed by atoms with E-state index in [0.717, 1.165) is 5.56 Å². The molecule has 9 N–H and O–H groups in total. The van der Waals surface area contributed by atoms with Crippen LogP contribution in [0.25, 0.3) is 0 Å². The molecule has 2 aromatic rings. The Hall–Kier alpha value is -4.26. The Kier molecular flexibility index (Phi) is 12.1. The second-order valence-corrected chi connectivity index (χ2v) is 9.41. The van der Waals surface area contributed by atoms with Gasteiger partial charge in [-0.05, 0) is 17.9 Å². The zero-order valence-corrected chi connectivity index (χ0v) is 22.1. The molecule has 212 valence electrons. The van der Waals surface area contributed by atoms with Crippen molar-refractivity contribution < 1.29 is 29.1 Å². The summed E-state index contributed by atoms with van der Waals surface area (Å²) in [6.07, 6.45) is 3.33. The molecule has 0 aliphatic carbocycles. The number of H-pyrrole nitrogens is 1. The van der Waals surface area contributed by atoms with Crippen molar-refractivity contribution in [2.24, 2.45) is 17.4 Å². The SMILES string of the molecule is CCC(C)C(NC(=O)C(CCC(N)=O)NC(=O)C(Cc1ccccc1)NC(=O)C(N)Cc1cnc[nH]1)C(=O)O. The maximum Gasteiger partial charge on any atom is 0.326 e. The topological polar surface area (TPSA) is 222 Å². The molecule has 0 aliphatic rings. The number of hydrogen-bond donors (Lipinski definition) is 7. The smallest absolute Gasteiger partial charge is 0.326 e. The molecule has 1 aromatic carbocycles. The largest absolute Gasteiger partial charge is 0.480 e. The van der Waals surface area contributed by atoms with E-state index in [1.165, 1.54) is 12.5 Å². The summed E-state index contributed by atoms with van der Waals surface area (Å²) in [7, 11) is 0. The molecule has 2 rings (SSSR count). The highest BCUT2D eigenvalue weighted by atomic mass is 16.4. The van der Waals surface area contributed by atoms with Crippen molar-refractivity contribution in [2.75, 3.05) is 0 Å². The lowest BCUT2D eigenvalue weighted by atomic mass is 9.98. The molecule has 0 radical (unpaired) electrons. The fourth-order valence-corrected chi connectivity index (χ4v) is 3.83. The van der Waals surface area contributed by atoms with Gasteiger partial charge < -0.3 is 37.5 Å². The van der Waals surface area contributed by atoms with E-state index in [9.17, 15) is 29.1 Å². The number of aromatic nitrogens is 2. The van der Waals surface area contributed by atoms with E-state index in [1.54, 1.807) is 44.2 Å². The first-order valence-electron chi connectivity index (χ1n) is 12.7. The van der Waals surface area contributed by atoms with E-state index in [-0.39, 0.29) is 31.6 Å². The Morgan fingerprint density at radius 1 is 0.974 bits per heavy atom. The summed E-state index contributed by atoms with van der Waals surface area (Å²) in [5, 5.41) is 17.2. The highest BCUT2D eigenvalue weighted by Gasteiger charge is 2.32. The number of rotatable bonds is 16. The highest BCUT2D eigenvalue weighted by molar-refractivity contribution is 5.94. The van der Waals surface area contributed by atoms with Crippen LogP contribution in [0, 0.1) is 5.92 Å². The van der Waals surface area contributed by atoms with Crippen LogP contribution in [0.15, 0.2) is 42.9 Å². The first-order valence-corrected chi connectivity index (χ1v) is 12.7. The minimum atomic E-state index is -1.27. The molecule has 5 atom stereocenters. The molecule has 1 aromatic heterocycles. The van der Waals surface area contributed by atoms with Gasteiger partial charge in [-0.1, -0.05) is 50.6 Å². The first-order chi connectivity index (χ1) is 18.5. The third-order valence-corrected chi connectivity index (χ3v) is 6.34. The van der Waals surface area contributed by atoms with Crippen molar-refractivity contribution in [3.8, 4) is 0 Å². The fourth-order valence-electron chi connectivity index (χ4n) is 3.83. The number of carbonyl (C=O) groups excluding carboxylic acids is 4. The van der Waals surface area contributed by atoms with Crippen LogP contribution in [0.2, 0.25) is 0 Å². The lowest BCUT2D eigenvalue weighted by Crippen LogP contribution is -2.58. The van der Waals surface area contributed by atoms with Crippen LogP contribution >= 0.6 is 0 Å². The van der Waals surface area contributed by atoms with E-state index in [4.69, 9.17) is 11.5 Å². The Morgan fingerprint density at radius 3 is 2.18 bits per heavy atom. The van der Waals surface area contributed by atoms with Gasteiger partial charge in [0.2, 0.25) is 23.6 Å². The van der Waals surface area contributed by atoms with E-state index in [1.807, 2.05) is 0 Å². The Labute approximate surface area is 226 Å². The average molecular weight is 544 g/mol. The summed E-state index contributed by atoms with van der Waals surface area (Å²) in [5.74, 6) is -4.39. The van der Waals surface area contributed by atoms with Crippen LogP contribution in [0.5, 0.6) is 0 Å². The Balaban J connectivity index is 2.23. The molecule has 0 spiro atoms. The standard InChI is InChI=1S/C26H37N7O6/c1-3-15(2)22(26(38)39)33-24(36)19(9-10-21(28)34)31-25(37)20(11-16-7-5-4-6-8-16)32-23(35)18(27)12-17-13-29-14-30-17/h4-8,13-15,18-20,22H,3,9-12,27H2,1-2H3,(H2,28,34)(H,29,30)(H,31,37)(H,32,35)(H,33,36)(H,38,39). The van der Waals surface area contributed by atoms with E-state index in [0.29, 0.717) is 12.1 Å². The summed E-state index contributed by atoms with van der Waals surface area (Å²) in [5.41, 5.74) is 12.7. The quantitative estimate of drug-likeness (QED) is 0.144. The van der Waals surface area contributed by atoms with Gasteiger partial charge >= 0.3 is 5.97 Å². The summed E-state index contributed by atoms with van der Waals surface area (Å²) < 4.78 is 0. The van der Waals surface area contributed by atoms with Gasteiger partial charge in [-0.3, -0.25) is 19.2 Å². The number of hydrogen-bond acceptors (Lipinski definition) is 7. The summed E-state index contributed by atoms with van der Waals surface area (Å²) in [6.45, 7) is 3.46. The molecule has 0 saturated heterocycles. The molecule has 1 heterocycles. The van der Waals surface area contributed by atoms with Crippen LogP contribution in [0.4, 0.5) is 0 Å². The third-order valence-electron chi connectivity index (χ3n) is 6.34. The van der Waals surface area contributed by atoms with Crippen LogP contribution in [0.3, 0.4) is 0 Å². The third kappa shape index (κ3) is 10.2. The minimum absolute atomic E-state index is 0.0873. The van der Waals surface area contributed by atoms with Gasteiger partial charge in [0.25, 0.3) is 0 Å². The first kappa shape index (κ1) is 31.0. The Morgan fingerprint density at radius 2 is 1.62 bits per heavy atom. The molecule has 13 heteroatoms. The van der Waals surface area contributed by atoms with Crippen LogP contribution < -0.4 is 27.4 Å². The normalized spacial score (nSPS) is 14.7. The van der Waals surface area contributed by atoms with Crippen molar-refractivity contribution in [3.63, 3.8) is 0 Å². The van der Waals surface area contributed by atoms with Gasteiger partial charge in [-0.15, -0.1) is 0 Å². The number of carboxylic acid groups (broad SMARTS) is 1. The van der Waals surface area contributed by atoms with Gasteiger partial charge in [0.1, 0.15) is 18.1 Å². The van der Waals surface area contributed by atoms with Gasteiger partial charge in [-0.2, -0.15) is 0 Å². The zero-order valence-electron chi connectivity index (χ0n) is 22.1. The molecule has 0 fully saturated rings. The van der Waals surface area contributed by atoms with E-state index < -0.39 is 53.8 Å². The molecule has 0 bridgehead atoms. The van der Waals surface area contributed by atoms with Crippen LogP contribution in [0.1, 0.15) is 44.4 Å². The van der Waals surface area contributed by atoms with Crippen molar-refractivity contribution in [3.05, 3.63) is 54.1 Å². The van der Waals surface area contributed by atoms with E-state index >= 15 is 0 Å². The number of imidazole rings is 1.